The van der Waals surface area contributed by atoms with Crippen molar-refractivity contribution in [2.45, 2.75) is 45.7 Å². The summed E-state index contributed by atoms with van der Waals surface area (Å²) >= 11 is 0. The number of carbonyl (C=O) groups excluding carboxylic acids is 1. The zero-order valence-electron chi connectivity index (χ0n) is 25.4. The Bertz CT molecular complexity index is 1890. The summed E-state index contributed by atoms with van der Waals surface area (Å²) in [6.45, 7) is 5.49. The summed E-state index contributed by atoms with van der Waals surface area (Å²) in [6, 6.07) is 11.6. The molecule has 2 aliphatic heterocycles. The van der Waals surface area contributed by atoms with Gasteiger partial charge in [0.25, 0.3) is 0 Å². The number of amides is 1. The van der Waals surface area contributed by atoms with Crippen LogP contribution in [0.4, 0.5) is 5.82 Å². The Morgan fingerprint density at radius 3 is 2.64 bits per heavy atom. The summed E-state index contributed by atoms with van der Waals surface area (Å²) in [5, 5.41) is 28.6. The van der Waals surface area contributed by atoms with Crippen LogP contribution >= 0.6 is 0 Å². The van der Waals surface area contributed by atoms with E-state index >= 15 is 0 Å². The number of aromatic nitrogens is 7. The Kier molecular flexibility index (Phi) is 7.48. The van der Waals surface area contributed by atoms with Gasteiger partial charge in [0, 0.05) is 93.3 Å². The van der Waals surface area contributed by atoms with Gasteiger partial charge in [-0.2, -0.15) is 10.2 Å². The summed E-state index contributed by atoms with van der Waals surface area (Å²) in [6.07, 6.45) is 9.78. The van der Waals surface area contributed by atoms with Crippen LogP contribution in [0.3, 0.4) is 0 Å². The number of pyridine rings is 1. The van der Waals surface area contributed by atoms with E-state index in [0.717, 1.165) is 96.5 Å². The highest BCUT2D eigenvalue weighted by Crippen LogP contribution is 2.35. The highest BCUT2D eigenvalue weighted by molar-refractivity contribution is 5.97. The second-order valence-electron chi connectivity index (χ2n) is 12.0. The van der Waals surface area contributed by atoms with Gasteiger partial charge in [-0.3, -0.25) is 19.1 Å². The molecular weight excluding hydrogens is 570 g/mol. The van der Waals surface area contributed by atoms with Gasteiger partial charge in [0.05, 0.1) is 17.6 Å². The third kappa shape index (κ3) is 5.63. The van der Waals surface area contributed by atoms with Crippen molar-refractivity contribution in [1.82, 2.24) is 39.6 Å². The molecule has 6 heterocycles. The largest absolute Gasteiger partial charge is 0.476 e. The number of hydrogen-bond acceptors (Lipinski definition) is 8. The van der Waals surface area contributed by atoms with Gasteiger partial charge in [0.15, 0.2) is 11.5 Å². The number of rotatable bonds is 7. The van der Waals surface area contributed by atoms with Crippen LogP contribution in [0.2, 0.25) is 0 Å². The van der Waals surface area contributed by atoms with Crippen molar-refractivity contribution >= 4 is 28.5 Å². The minimum atomic E-state index is -1.07. The van der Waals surface area contributed by atoms with Crippen LogP contribution in [0.25, 0.3) is 33.3 Å². The first kappa shape index (κ1) is 28.6. The SMILES string of the molecule is CC(=O)N1CCc2c(c(-c3cccc4cc(-c5cnn(CCC6CCN(c7ccc(C(=O)O)nn7)CC6)c5)ncc34)nn2C)C1. The first-order valence-corrected chi connectivity index (χ1v) is 15.4. The van der Waals surface area contributed by atoms with Gasteiger partial charge in [-0.05, 0) is 48.8 Å². The van der Waals surface area contributed by atoms with Crippen LogP contribution < -0.4 is 4.90 Å². The molecule has 5 aromatic rings. The van der Waals surface area contributed by atoms with Crippen molar-refractivity contribution in [2.75, 3.05) is 24.5 Å². The molecule has 1 saturated heterocycles. The Balaban J connectivity index is 1.02. The van der Waals surface area contributed by atoms with Crippen molar-refractivity contribution in [3.63, 3.8) is 0 Å². The standard InChI is InChI=1S/C33H35N9O3/c1-21(43)41-14-11-30-27(20-41)32(38-39(30)2)25-5-3-4-23-16-29(34-18-26(23)25)24-17-35-42(19-24)15-10-22-8-12-40(13-9-22)31-7-6-28(33(44)45)36-37-31/h3-7,16-19,22H,8-15,20H2,1-2H3,(H,44,45). The minimum absolute atomic E-state index is 0.0400. The van der Waals surface area contributed by atoms with Crippen molar-refractivity contribution in [2.24, 2.45) is 13.0 Å². The normalized spacial score (nSPS) is 15.4. The average molecular weight is 606 g/mol. The first-order chi connectivity index (χ1) is 21.8. The van der Waals surface area contributed by atoms with Gasteiger partial charge in [-0.25, -0.2) is 4.79 Å². The van der Waals surface area contributed by atoms with Crippen LogP contribution in [-0.4, -0.2) is 76.3 Å². The molecule has 7 rings (SSSR count). The summed E-state index contributed by atoms with van der Waals surface area (Å²) in [5.74, 6) is 0.326. The summed E-state index contributed by atoms with van der Waals surface area (Å²) < 4.78 is 3.96. The first-order valence-electron chi connectivity index (χ1n) is 15.4. The van der Waals surface area contributed by atoms with E-state index in [2.05, 4.69) is 50.7 Å². The van der Waals surface area contributed by atoms with Gasteiger partial charge < -0.3 is 14.9 Å². The van der Waals surface area contributed by atoms with E-state index < -0.39 is 5.97 Å². The Morgan fingerprint density at radius 1 is 1.04 bits per heavy atom. The van der Waals surface area contributed by atoms with Crippen molar-refractivity contribution in [3.8, 4) is 22.5 Å². The fourth-order valence-electron chi connectivity index (χ4n) is 6.61. The molecule has 2 aliphatic rings. The number of aryl methyl sites for hydroxylation is 2. The number of piperidine rings is 1. The maximum absolute atomic E-state index is 12.1. The second kappa shape index (κ2) is 11.8. The maximum Gasteiger partial charge on any atom is 0.356 e. The molecule has 12 heteroatoms. The molecule has 0 radical (unpaired) electrons. The van der Waals surface area contributed by atoms with Crippen LogP contribution in [0.1, 0.15) is 47.9 Å². The smallest absolute Gasteiger partial charge is 0.356 e. The number of hydrogen-bond donors (Lipinski definition) is 1. The lowest BCUT2D eigenvalue weighted by molar-refractivity contribution is -0.129. The zero-order valence-corrected chi connectivity index (χ0v) is 25.4. The molecule has 0 aliphatic carbocycles. The van der Waals surface area contributed by atoms with Gasteiger partial charge in [0.2, 0.25) is 5.91 Å². The molecule has 0 spiro atoms. The van der Waals surface area contributed by atoms with Gasteiger partial charge in [-0.15, -0.1) is 10.2 Å². The Morgan fingerprint density at radius 2 is 1.89 bits per heavy atom. The predicted octanol–water partition coefficient (Wildman–Crippen LogP) is 4.20. The molecule has 0 unspecified atom stereocenters. The topological polar surface area (TPSA) is 135 Å². The van der Waals surface area contributed by atoms with Crippen molar-refractivity contribution < 1.29 is 14.7 Å². The third-order valence-electron chi connectivity index (χ3n) is 9.21. The summed E-state index contributed by atoms with van der Waals surface area (Å²) in [7, 11) is 1.98. The molecule has 4 aromatic heterocycles. The highest BCUT2D eigenvalue weighted by Gasteiger charge is 2.27. The molecule has 1 fully saturated rings. The third-order valence-corrected chi connectivity index (χ3v) is 9.21. The molecule has 1 aromatic carbocycles. The quantitative estimate of drug-likeness (QED) is 0.290. The number of benzene rings is 1. The Labute approximate surface area is 260 Å². The average Bonchev–Trinajstić information content (AvgIpc) is 3.67. The lowest BCUT2D eigenvalue weighted by Crippen LogP contribution is -2.34. The monoisotopic (exact) mass is 605 g/mol. The van der Waals surface area contributed by atoms with Gasteiger partial charge >= 0.3 is 5.97 Å². The van der Waals surface area contributed by atoms with E-state index in [-0.39, 0.29) is 11.6 Å². The van der Waals surface area contributed by atoms with Crippen LogP contribution in [0, 0.1) is 5.92 Å². The number of fused-ring (bicyclic) bond motifs is 2. The van der Waals surface area contributed by atoms with Gasteiger partial charge in [0.1, 0.15) is 0 Å². The maximum atomic E-state index is 12.1. The highest BCUT2D eigenvalue weighted by atomic mass is 16.4. The lowest BCUT2D eigenvalue weighted by atomic mass is 9.93. The molecule has 1 amide bonds. The molecular formula is C33H35N9O3. The van der Waals surface area contributed by atoms with E-state index in [1.807, 2.05) is 33.7 Å². The van der Waals surface area contributed by atoms with Crippen LogP contribution in [0.5, 0.6) is 0 Å². The van der Waals surface area contributed by atoms with E-state index in [4.69, 9.17) is 15.2 Å². The van der Waals surface area contributed by atoms with E-state index in [1.54, 1.807) is 13.0 Å². The molecule has 0 bridgehead atoms. The van der Waals surface area contributed by atoms with Crippen LogP contribution in [-0.2, 0) is 31.4 Å². The number of carbonyl (C=O) groups is 2. The molecule has 45 heavy (non-hydrogen) atoms. The number of carboxylic acids is 1. The minimum Gasteiger partial charge on any atom is -0.476 e. The van der Waals surface area contributed by atoms with Crippen LogP contribution in [0.15, 0.2) is 55.0 Å². The zero-order chi connectivity index (χ0) is 31.1. The fraction of sp³-hybridized carbons (Fsp3) is 0.364. The lowest BCUT2D eigenvalue weighted by Gasteiger charge is -2.32. The van der Waals surface area contributed by atoms with Crippen molar-refractivity contribution in [1.29, 1.82) is 0 Å². The summed E-state index contributed by atoms with van der Waals surface area (Å²) in [5.41, 5.74) is 6.06. The second-order valence-corrected chi connectivity index (χ2v) is 12.0. The molecule has 1 N–H and O–H groups in total. The number of aromatic carboxylic acids is 1. The Hall–Kier alpha value is -5.13. The van der Waals surface area contributed by atoms with Crippen molar-refractivity contribution in [3.05, 3.63) is 71.9 Å². The fourth-order valence-corrected chi connectivity index (χ4v) is 6.61. The molecule has 12 nitrogen and oxygen atoms in total. The van der Waals surface area contributed by atoms with E-state index in [0.29, 0.717) is 12.5 Å². The van der Waals surface area contributed by atoms with Gasteiger partial charge in [-0.1, -0.05) is 18.2 Å². The molecule has 0 saturated carbocycles. The predicted molar refractivity (Wildman–Crippen MR) is 169 cm³/mol. The number of carboxylic acid groups (broad SMARTS) is 1. The molecule has 230 valence electrons. The summed E-state index contributed by atoms with van der Waals surface area (Å²) in [4.78, 5) is 32.1. The molecule has 0 atom stereocenters. The number of nitrogens with zero attached hydrogens (tertiary/aromatic N) is 9. The van der Waals surface area contributed by atoms with E-state index in [9.17, 15) is 9.59 Å². The number of anilines is 1. The van der Waals surface area contributed by atoms with E-state index in [1.165, 1.54) is 11.8 Å².